The Kier molecular flexibility index (Phi) is 18.6. The van der Waals surface area contributed by atoms with Crippen molar-refractivity contribution >= 4 is 5.97 Å². The molecule has 45 heavy (non-hydrogen) atoms. The van der Waals surface area contributed by atoms with Crippen LogP contribution in [-0.2, 0) is 19.0 Å². The molecule has 3 heterocycles. The molecule has 0 radical (unpaired) electrons. The highest BCUT2D eigenvalue weighted by Gasteiger charge is 2.40. The zero-order valence-electron chi connectivity index (χ0n) is 28.5. The molecule has 8 nitrogen and oxygen atoms in total. The molecule has 0 aromatic rings. The number of hydrogen-bond acceptors (Lipinski definition) is 8. The Bertz CT molecular complexity index is 833. The molecule has 262 valence electrons. The number of hydrogen-bond donors (Lipinski definition) is 4. The van der Waals surface area contributed by atoms with Gasteiger partial charge in [0.2, 0.25) is 0 Å². The predicted octanol–water partition coefficient (Wildman–Crippen LogP) is 6.83. The number of aliphatic hydroxyl groups excluding tert-OH is 4. The van der Waals surface area contributed by atoms with Crippen LogP contribution < -0.4 is 0 Å². The number of ether oxygens (including phenoxy) is 3. The number of unbranched alkanes of at least 4 members (excludes halogenated alkanes) is 11. The molecule has 0 aromatic carbocycles. The molecule has 0 amide bonds. The van der Waals surface area contributed by atoms with E-state index in [-0.39, 0.29) is 36.5 Å². The fourth-order valence-corrected chi connectivity index (χ4v) is 7.29. The average molecular weight is 639 g/mol. The number of rotatable bonds is 25. The number of carbonyl (C=O) groups excluding carboxylic acids is 1. The van der Waals surface area contributed by atoms with E-state index in [0.29, 0.717) is 31.3 Å². The summed E-state index contributed by atoms with van der Waals surface area (Å²) in [6.07, 6.45) is 21.6. The molecule has 0 aromatic heterocycles. The van der Waals surface area contributed by atoms with Crippen LogP contribution in [0.25, 0.3) is 0 Å². The summed E-state index contributed by atoms with van der Waals surface area (Å²) in [5.74, 6) is -0.305. The topological polar surface area (TPSA) is 126 Å². The number of aliphatic hydroxyl groups is 4. The summed E-state index contributed by atoms with van der Waals surface area (Å²) in [4.78, 5) is 11.7. The molecule has 0 unspecified atom stereocenters. The summed E-state index contributed by atoms with van der Waals surface area (Å²) in [6, 6.07) is 0. The van der Waals surface area contributed by atoms with Crippen molar-refractivity contribution in [1.29, 1.82) is 0 Å². The maximum absolute atomic E-state index is 11.7. The van der Waals surface area contributed by atoms with Gasteiger partial charge in [0.05, 0.1) is 48.8 Å². The van der Waals surface area contributed by atoms with E-state index in [0.717, 1.165) is 77.0 Å². The summed E-state index contributed by atoms with van der Waals surface area (Å²) in [5, 5.41) is 42.1. The fraction of sp³-hybridized carbons (Fsp3) is 0.919. The highest BCUT2D eigenvalue weighted by Crippen LogP contribution is 2.34. The third-order valence-corrected chi connectivity index (χ3v) is 10.1. The molecule has 9 atom stereocenters. The highest BCUT2D eigenvalue weighted by atomic mass is 16.6. The van der Waals surface area contributed by atoms with Crippen LogP contribution in [-0.4, -0.2) is 81.3 Å². The van der Waals surface area contributed by atoms with Gasteiger partial charge in [-0.2, -0.15) is 0 Å². The maximum atomic E-state index is 11.7. The molecular weight excluding hydrogens is 572 g/mol. The van der Waals surface area contributed by atoms with Crippen LogP contribution >= 0.6 is 0 Å². The van der Waals surface area contributed by atoms with Crippen molar-refractivity contribution in [3.8, 4) is 0 Å². The van der Waals surface area contributed by atoms with E-state index in [1.54, 1.807) is 6.08 Å². The second-order valence-corrected chi connectivity index (χ2v) is 14.2. The molecule has 2 saturated heterocycles. The first-order valence-corrected chi connectivity index (χ1v) is 18.7. The molecule has 4 N–H and O–H groups in total. The lowest BCUT2D eigenvalue weighted by Gasteiger charge is -2.24. The molecule has 3 aliphatic heterocycles. The molecule has 3 aliphatic rings. The first-order chi connectivity index (χ1) is 21.8. The van der Waals surface area contributed by atoms with Crippen LogP contribution in [0.15, 0.2) is 11.6 Å². The van der Waals surface area contributed by atoms with Crippen LogP contribution in [0.2, 0.25) is 0 Å². The molecule has 0 aliphatic carbocycles. The lowest BCUT2D eigenvalue weighted by atomic mass is 9.99. The van der Waals surface area contributed by atoms with Crippen LogP contribution in [0.4, 0.5) is 0 Å². The zero-order chi connectivity index (χ0) is 32.4. The van der Waals surface area contributed by atoms with Gasteiger partial charge in [-0.25, -0.2) is 4.79 Å². The molecule has 2 fully saturated rings. The van der Waals surface area contributed by atoms with Crippen molar-refractivity contribution in [2.75, 3.05) is 0 Å². The second-order valence-electron chi connectivity index (χ2n) is 14.2. The van der Waals surface area contributed by atoms with Crippen molar-refractivity contribution < 1.29 is 39.4 Å². The Balaban J connectivity index is 1.16. The molecular formula is C37H66O8. The van der Waals surface area contributed by atoms with Crippen LogP contribution in [0.1, 0.15) is 162 Å². The number of cyclic esters (lactones) is 1. The third-order valence-electron chi connectivity index (χ3n) is 10.1. The minimum absolute atomic E-state index is 0.00146. The molecule has 0 bridgehead atoms. The van der Waals surface area contributed by atoms with E-state index in [2.05, 4.69) is 6.92 Å². The van der Waals surface area contributed by atoms with E-state index in [1.807, 2.05) is 6.92 Å². The standard InChI is InChI=1S/C37H66O8/c1-3-4-5-6-7-8-12-15-18-31(40)33-21-23-35(44-33)36-24-22-34(45-36)32(41)20-19-29(38)16-13-10-9-11-14-17-30(39)26-28-25-27(2)43-37(28)42/h25,27,29-36,38-41H,3-24,26H2,1-2H3/t27-,29+,30-,31+,32+,33-,34-,35+,36-/m0/s1. The van der Waals surface area contributed by atoms with Crippen molar-refractivity contribution in [1.82, 2.24) is 0 Å². The Morgan fingerprint density at radius 1 is 0.644 bits per heavy atom. The van der Waals surface area contributed by atoms with Gasteiger partial charge in [0.1, 0.15) is 6.10 Å². The summed E-state index contributed by atoms with van der Waals surface area (Å²) in [6.45, 7) is 4.07. The van der Waals surface area contributed by atoms with Gasteiger partial charge in [-0.15, -0.1) is 0 Å². The van der Waals surface area contributed by atoms with Crippen molar-refractivity contribution in [2.24, 2.45) is 0 Å². The Morgan fingerprint density at radius 3 is 1.67 bits per heavy atom. The quantitative estimate of drug-likeness (QED) is 0.0634. The van der Waals surface area contributed by atoms with E-state index < -0.39 is 24.4 Å². The Morgan fingerprint density at radius 2 is 1.13 bits per heavy atom. The predicted molar refractivity (Wildman–Crippen MR) is 177 cm³/mol. The summed E-state index contributed by atoms with van der Waals surface area (Å²) < 4.78 is 17.6. The van der Waals surface area contributed by atoms with Gasteiger partial charge < -0.3 is 34.6 Å². The highest BCUT2D eigenvalue weighted by molar-refractivity contribution is 5.90. The SMILES string of the molecule is CCCCCCCCCC[C@@H](O)[C@@H]1CC[C@H]([C@@H]2CC[C@@H]([C@H](O)CC[C@H](O)CCCCCCC[C@H](O)CC3=C[C@H](C)OC3=O)O2)O1. The average Bonchev–Trinajstić information content (AvgIpc) is 3.77. The van der Waals surface area contributed by atoms with E-state index in [1.165, 1.54) is 44.9 Å². The molecule has 0 spiro atoms. The summed E-state index contributed by atoms with van der Waals surface area (Å²) >= 11 is 0. The first kappa shape index (κ1) is 38.4. The lowest BCUT2D eigenvalue weighted by molar-refractivity contribution is -0.139. The van der Waals surface area contributed by atoms with Gasteiger partial charge >= 0.3 is 5.97 Å². The number of esters is 1. The summed E-state index contributed by atoms with van der Waals surface area (Å²) in [7, 11) is 0. The normalized spacial score (nSPS) is 27.8. The van der Waals surface area contributed by atoms with Gasteiger partial charge in [0.25, 0.3) is 0 Å². The van der Waals surface area contributed by atoms with Crippen LogP contribution in [0.5, 0.6) is 0 Å². The smallest absolute Gasteiger partial charge is 0.334 e. The third kappa shape index (κ3) is 14.7. The van der Waals surface area contributed by atoms with Crippen molar-refractivity contribution in [3.63, 3.8) is 0 Å². The van der Waals surface area contributed by atoms with Gasteiger partial charge in [-0.3, -0.25) is 0 Å². The Hall–Kier alpha value is -1.03. The fourth-order valence-electron chi connectivity index (χ4n) is 7.29. The van der Waals surface area contributed by atoms with Gasteiger partial charge in [0.15, 0.2) is 0 Å². The summed E-state index contributed by atoms with van der Waals surface area (Å²) in [5.41, 5.74) is 0.588. The van der Waals surface area contributed by atoms with E-state index in [4.69, 9.17) is 14.2 Å². The molecule has 8 heteroatoms. The van der Waals surface area contributed by atoms with Crippen LogP contribution in [0, 0.1) is 0 Å². The molecule has 0 saturated carbocycles. The largest absolute Gasteiger partial charge is 0.455 e. The van der Waals surface area contributed by atoms with E-state index in [9.17, 15) is 25.2 Å². The first-order valence-electron chi connectivity index (χ1n) is 18.7. The minimum Gasteiger partial charge on any atom is -0.455 e. The minimum atomic E-state index is -0.578. The second kappa shape index (κ2) is 21.8. The van der Waals surface area contributed by atoms with Gasteiger partial charge in [-0.1, -0.05) is 90.4 Å². The van der Waals surface area contributed by atoms with Gasteiger partial charge in [-0.05, 0) is 70.8 Å². The van der Waals surface area contributed by atoms with Crippen molar-refractivity contribution in [3.05, 3.63) is 11.6 Å². The van der Waals surface area contributed by atoms with E-state index >= 15 is 0 Å². The maximum Gasteiger partial charge on any atom is 0.334 e. The molecule has 3 rings (SSSR count). The van der Waals surface area contributed by atoms with Crippen molar-refractivity contribution in [2.45, 2.75) is 216 Å². The van der Waals surface area contributed by atoms with Gasteiger partial charge in [0, 0.05) is 12.0 Å². The monoisotopic (exact) mass is 638 g/mol. The Labute approximate surface area is 273 Å². The number of carbonyl (C=O) groups is 1. The lowest BCUT2D eigenvalue weighted by Crippen LogP contribution is -2.33. The van der Waals surface area contributed by atoms with Crippen LogP contribution in [0.3, 0.4) is 0 Å². The zero-order valence-corrected chi connectivity index (χ0v) is 28.5.